The second-order valence-corrected chi connectivity index (χ2v) is 3.46. The van der Waals surface area contributed by atoms with Crippen LogP contribution in [0.25, 0.3) is 5.69 Å². The Bertz CT molecular complexity index is 559. The number of aromatic nitrogens is 3. The number of hydrogen-bond acceptors (Lipinski definition) is 4. The lowest BCUT2D eigenvalue weighted by Crippen LogP contribution is -2.15. The maximum absolute atomic E-state index is 11.6. The van der Waals surface area contributed by atoms with Crippen LogP contribution in [-0.4, -0.2) is 33.6 Å². The van der Waals surface area contributed by atoms with E-state index in [1.165, 1.54) is 4.68 Å². The van der Waals surface area contributed by atoms with E-state index in [0.29, 0.717) is 23.7 Å². The zero-order valence-electron chi connectivity index (χ0n) is 9.38. The van der Waals surface area contributed by atoms with Crippen LogP contribution < -0.4 is 10.4 Å². The number of benzene rings is 1. The number of hydrogen-bond donors (Lipinski definition) is 2. The Hall–Kier alpha value is -2.08. The number of aliphatic hydroxyl groups is 1. The number of nitrogens with zero attached hydrogens (tertiary/aromatic N) is 2. The standard InChI is InChI=1S/C11H13N3O3/c1-17-9-4-2-3-8(7-9)14-11(16)12-10(13-14)5-6-15/h2-4,7,15H,5-6H2,1H3,(H,12,13,16). The molecule has 0 aliphatic carbocycles. The van der Waals surface area contributed by atoms with Gasteiger partial charge in [-0.2, -0.15) is 9.78 Å². The van der Waals surface area contributed by atoms with Gasteiger partial charge in [0.2, 0.25) is 0 Å². The fourth-order valence-corrected chi connectivity index (χ4v) is 1.50. The van der Waals surface area contributed by atoms with Crippen molar-refractivity contribution in [2.75, 3.05) is 13.7 Å². The van der Waals surface area contributed by atoms with Gasteiger partial charge in [-0.25, -0.2) is 4.79 Å². The van der Waals surface area contributed by atoms with Crippen LogP contribution >= 0.6 is 0 Å². The maximum atomic E-state index is 11.6. The Morgan fingerprint density at radius 3 is 3.06 bits per heavy atom. The Kier molecular flexibility index (Phi) is 3.24. The van der Waals surface area contributed by atoms with E-state index in [0.717, 1.165) is 0 Å². The lowest BCUT2D eigenvalue weighted by atomic mass is 10.3. The van der Waals surface area contributed by atoms with Crippen molar-refractivity contribution in [3.05, 3.63) is 40.6 Å². The van der Waals surface area contributed by atoms with Gasteiger partial charge in [-0.3, -0.25) is 4.98 Å². The fraction of sp³-hybridized carbons (Fsp3) is 0.273. The molecule has 0 spiro atoms. The summed E-state index contributed by atoms with van der Waals surface area (Å²) in [6.45, 7) is -0.0505. The van der Waals surface area contributed by atoms with E-state index in [1.807, 2.05) is 0 Å². The van der Waals surface area contributed by atoms with E-state index < -0.39 is 0 Å². The van der Waals surface area contributed by atoms with Crippen LogP contribution in [-0.2, 0) is 6.42 Å². The van der Waals surface area contributed by atoms with E-state index in [1.54, 1.807) is 31.4 Å². The first-order valence-electron chi connectivity index (χ1n) is 5.18. The first-order chi connectivity index (χ1) is 8.24. The van der Waals surface area contributed by atoms with Gasteiger partial charge in [-0.05, 0) is 12.1 Å². The summed E-state index contributed by atoms with van der Waals surface area (Å²) >= 11 is 0. The third-order valence-electron chi connectivity index (χ3n) is 2.31. The topological polar surface area (TPSA) is 80.1 Å². The highest BCUT2D eigenvalue weighted by Crippen LogP contribution is 2.14. The molecule has 0 aliphatic heterocycles. The van der Waals surface area contributed by atoms with Crippen molar-refractivity contribution in [1.29, 1.82) is 0 Å². The molecule has 2 aromatic rings. The van der Waals surface area contributed by atoms with Crippen LogP contribution in [0.4, 0.5) is 0 Å². The molecule has 1 aromatic heterocycles. The average Bonchev–Trinajstić information content (AvgIpc) is 2.71. The quantitative estimate of drug-likeness (QED) is 0.787. The highest BCUT2D eigenvalue weighted by atomic mass is 16.5. The van der Waals surface area contributed by atoms with Crippen molar-refractivity contribution in [3.8, 4) is 11.4 Å². The minimum atomic E-state index is -0.332. The summed E-state index contributed by atoms with van der Waals surface area (Å²) in [6.07, 6.45) is 0.326. The molecule has 2 rings (SSSR count). The summed E-state index contributed by atoms with van der Waals surface area (Å²) in [6, 6.07) is 7.04. The second kappa shape index (κ2) is 4.84. The molecule has 17 heavy (non-hydrogen) atoms. The highest BCUT2D eigenvalue weighted by molar-refractivity contribution is 5.38. The molecule has 0 amide bonds. The van der Waals surface area contributed by atoms with Gasteiger partial charge in [-0.15, -0.1) is 0 Å². The summed E-state index contributed by atoms with van der Waals surface area (Å²) in [5.41, 5.74) is 0.288. The molecule has 6 nitrogen and oxygen atoms in total. The van der Waals surface area contributed by atoms with Crippen LogP contribution in [0.2, 0.25) is 0 Å². The molecule has 0 saturated carbocycles. The fourth-order valence-electron chi connectivity index (χ4n) is 1.50. The first kappa shape index (κ1) is 11.4. The number of H-pyrrole nitrogens is 1. The summed E-state index contributed by atoms with van der Waals surface area (Å²) in [4.78, 5) is 14.2. The molecule has 1 aromatic carbocycles. The molecule has 0 atom stereocenters. The number of rotatable bonds is 4. The van der Waals surface area contributed by atoms with Crippen molar-refractivity contribution in [1.82, 2.24) is 14.8 Å². The zero-order valence-corrected chi connectivity index (χ0v) is 9.38. The van der Waals surface area contributed by atoms with E-state index in [9.17, 15) is 4.79 Å². The molecule has 1 heterocycles. The van der Waals surface area contributed by atoms with E-state index in [2.05, 4.69) is 10.1 Å². The van der Waals surface area contributed by atoms with Crippen LogP contribution in [0.5, 0.6) is 5.75 Å². The van der Waals surface area contributed by atoms with Gasteiger partial charge in [0, 0.05) is 12.5 Å². The van der Waals surface area contributed by atoms with Gasteiger partial charge in [0.25, 0.3) is 0 Å². The second-order valence-electron chi connectivity index (χ2n) is 3.46. The molecule has 2 N–H and O–H groups in total. The van der Waals surface area contributed by atoms with E-state index >= 15 is 0 Å². The molecule has 0 unspecified atom stereocenters. The lowest BCUT2D eigenvalue weighted by Gasteiger charge is -2.02. The maximum Gasteiger partial charge on any atom is 0.348 e. The SMILES string of the molecule is COc1cccc(-n2nc(CCO)[nH]c2=O)c1. The molecular formula is C11H13N3O3. The molecule has 0 saturated heterocycles. The molecule has 0 aliphatic rings. The largest absolute Gasteiger partial charge is 0.497 e. The van der Waals surface area contributed by atoms with Gasteiger partial charge >= 0.3 is 5.69 Å². The van der Waals surface area contributed by atoms with Crippen LogP contribution in [0, 0.1) is 0 Å². The molecule has 0 fully saturated rings. The minimum Gasteiger partial charge on any atom is -0.497 e. The lowest BCUT2D eigenvalue weighted by molar-refractivity contribution is 0.296. The molecule has 6 heteroatoms. The Balaban J connectivity index is 2.41. The van der Waals surface area contributed by atoms with Crippen molar-refractivity contribution in [2.45, 2.75) is 6.42 Å². The van der Waals surface area contributed by atoms with Gasteiger partial charge < -0.3 is 9.84 Å². The van der Waals surface area contributed by atoms with Gasteiger partial charge in [0.05, 0.1) is 19.4 Å². The third kappa shape index (κ3) is 2.36. The predicted octanol–water partition coefficient (Wildman–Crippen LogP) is 0.104. The Labute approximate surface area is 97.5 Å². The van der Waals surface area contributed by atoms with E-state index in [4.69, 9.17) is 9.84 Å². The zero-order chi connectivity index (χ0) is 12.3. The van der Waals surface area contributed by atoms with E-state index in [-0.39, 0.29) is 12.3 Å². The van der Waals surface area contributed by atoms with Crippen LogP contribution in [0.3, 0.4) is 0 Å². The first-order valence-corrected chi connectivity index (χ1v) is 5.18. The normalized spacial score (nSPS) is 10.5. The van der Waals surface area contributed by atoms with Crippen molar-refractivity contribution < 1.29 is 9.84 Å². The summed E-state index contributed by atoms with van der Waals surface area (Å²) in [5, 5.41) is 12.9. The number of methoxy groups -OCH3 is 1. The van der Waals surface area contributed by atoms with Gasteiger partial charge in [-0.1, -0.05) is 6.07 Å². The number of ether oxygens (including phenoxy) is 1. The predicted molar refractivity (Wildman–Crippen MR) is 61.5 cm³/mol. The van der Waals surface area contributed by atoms with Crippen LogP contribution in [0.1, 0.15) is 5.82 Å². The van der Waals surface area contributed by atoms with Crippen molar-refractivity contribution in [2.24, 2.45) is 0 Å². The third-order valence-corrected chi connectivity index (χ3v) is 2.31. The average molecular weight is 235 g/mol. The Morgan fingerprint density at radius 2 is 2.35 bits per heavy atom. The van der Waals surface area contributed by atoms with Gasteiger partial charge in [0.15, 0.2) is 0 Å². The molecule has 0 radical (unpaired) electrons. The molecular weight excluding hydrogens is 222 g/mol. The highest BCUT2D eigenvalue weighted by Gasteiger charge is 2.07. The summed E-state index contributed by atoms with van der Waals surface area (Å²) < 4.78 is 6.32. The van der Waals surface area contributed by atoms with Gasteiger partial charge in [0.1, 0.15) is 11.6 Å². The smallest absolute Gasteiger partial charge is 0.348 e. The minimum absolute atomic E-state index is 0.0505. The molecule has 0 bridgehead atoms. The summed E-state index contributed by atoms with van der Waals surface area (Å²) in [7, 11) is 1.56. The van der Waals surface area contributed by atoms with Crippen molar-refractivity contribution in [3.63, 3.8) is 0 Å². The Morgan fingerprint density at radius 1 is 1.53 bits per heavy atom. The summed E-state index contributed by atoms with van der Waals surface area (Å²) in [5.74, 6) is 1.11. The monoisotopic (exact) mass is 235 g/mol. The van der Waals surface area contributed by atoms with Crippen molar-refractivity contribution >= 4 is 0 Å². The number of aromatic amines is 1. The number of aliphatic hydroxyl groups excluding tert-OH is 1. The molecule has 90 valence electrons. The number of nitrogens with one attached hydrogen (secondary N) is 1. The van der Waals surface area contributed by atoms with Crippen LogP contribution in [0.15, 0.2) is 29.1 Å².